The van der Waals surface area contributed by atoms with Crippen LogP contribution in [0.3, 0.4) is 0 Å². The fourth-order valence-corrected chi connectivity index (χ4v) is 5.18. The van der Waals surface area contributed by atoms with E-state index >= 15 is 0 Å². The molecule has 3 aromatic rings. The Kier molecular flexibility index (Phi) is 3.41. The Morgan fingerprint density at radius 1 is 1.04 bits per heavy atom. The summed E-state index contributed by atoms with van der Waals surface area (Å²) in [6, 6.07) is 13.0. The second-order valence-electron chi connectivity index (χ2n) is 5.71. The summed E-state index contributed by atoms with van der Waals surface area (Å²) in [6.07, 6.45) is 1.99. The number of thiophene rings is 1. The maximum atomic E-state index is 13.0. The summed E-state index contributed by atoms with van der Waals surface area (Å²) in [7, 11) is -3.52. The van der Waals surface area contributed by atoms with Crippen LogP contribution in [0.2, 0.25) is 0 Å². The Morgan fingerprint density at radius 2 is 1.83 bits per heavy atom. The van der Waals surface area contributed by atoms with E-state index in [1.165, 1.54) is 0 Å². The molecule has 0 amide bonds. The van der Waals surface area contributed by atoms with Crippen LogP contribution in [0.25, 0.3) is 5.00 Å². The van der Waals surface area contributed by atoms with E-state index in [9.17, 15) is 8.42 Å². The average Bonchev–Trinajstić information content (AvgIpc) is 3.14. The molecule has 118 valence electrons. The zero-order valence-corrected chi connectivity index (χ0v) is 14.3. The molecule has 4 nitrogen and oxygen atoms in total. The molecule has 1 aliphatic heterocycles. The molecule has 0 radical (unpaired) electrons. The highest BCUT2D eigenvalue weighted by Crippen LogP contribution is 2.32. The first-order chi connectivity index (χ1) is 11.1. The lowest BCUT2D eigenvalue weighted by atomic mass is 10.2. The first-order valence-corrected chi connectivity index (χ1v) is 9.67. The number of aromatic nitrogens is 1. The minimum Gasteiger partial charge on any atom is -0.311 e. The van der Waals surface area contributed by atoms with Gasteiger partial charge in [-0.1, -0.05) is 17.7 Å². The molecule has 1 aromatic carbocycles. The molecule has 0 saturated carbocycles. The number of benzene rings is 1. The van der Waals surface area contributed by atoms with Crippen LogP contribution < -0.4 is 0 Å². The molecule has 1 aliphatic rings. The number of hydrogen-bond donors (Lipinski definition) is 0. The van der Waals surface area contributed by atoms with E-state index in [0.717, 1.165) is 21.8 Å². The van der Waals surface area contributed by atoms with Crippen LogP contribution in [0.15, 0.2) is 58.9 Å². The van der Waals surface area contributed by atoms with Crippen molar-refractivity contribution in [1.82, 2.24) is 8.87 Å². The van der Waals surface area contributed by atoms with Crippen LogP contribution in [0.1, 0.15) is 16.8 Å². The first kappa shape index (κ1) is 14.7. The molecule has 0 unspecified atom stereocenters. The zero-order chi connectivity index (χ0) is 16.0. The summed E-state index contributed by atoms with van der Waals surface area (Å²) >= 11 is 1.64. The van der Waals surface area contributed by atoms with E-state index in [1.54, 1.807) is 27.8 Å². The lowest BCUT2D eigenvalue weighted by molar-refractivity contribution is 0.402. The van der Waals surface area contributed by atoms with Gasteiger partial charge in [0.1, 0.15) is 5.00 Å². The second kappa shape index (κ2) is 5.33. The highest BCUT2D eigenvalue weighted by atomic mass is 32.2. The first-order valence-electron chi connectivity index (χ1n) is 7.35. The molecule has 3 heterocycles. The standard InChI is InChI=1S/C17H16N2O2S2/c1-13-4-6-16(7-5-13)23(20,21)18-11-14-8-10-22-17(14)19-9-2-3-15(19)12-18/h2-10H,11-12H2,1H3. The van der Waals surface area contributed by atoms with Gasteiger partial charge in [-0.05, 0) is 42.6 Å². The summed E-state index contributed by atoms with van der Waals surface area (Å²) in [4.78, 5) is 0.347. The van der Waals surface area contributed by atoms with Gasteiger partial charge in [0.05, 0.1) is 11.4 Å². The molecule has 0 aliphatic carbocycles. The predicted octanol–water partition coefficient (Wildman–Crippen LogP) is 3.55. The summed E-state index contributed by atoms with van der Waals surface area (Å²) in [6.45, 7) is 2.73. The number of aryl methyl sites for hydroxylation is 1. The number of rotatable bonds is 2. The Balaban J connectivity index is 1.80. The Hall–Kier alpha value is -1.89. The highest BCUT2D eigenvalue weighted by molar-refractivity contribution is 7.89. The third kappa shape index (κ3) is 2.43. The maximum absolute atomic E-state index is 13.0. The van der Waals surface area contributed by atoms with Gasteiger partial charge in [-0.3, -0.25) is 0 Å². The average molecular weight is 344 g/mol. The van der Waals surface area contributed by atoms with Crippen molar-refractivity contribution >= 4 is 21.4 Å². The van der Waals surface area contributed by atoms with Gasteiger partial charge in [-0.25, -0.2) is 8.42 Å². The van der Waals surface area contributed by atoms with Crippen molar-refractivity contribution in [2.75, 3.05) is 0 Å². The molecule has 6 heteroatoms. The molecule has 23 heavy (non-hydrogen) atoms. The van der Waals surface area contributed by atoms with E-state index in [1.807, 2.05) is 48.8 Å². The van der Waals surface area contributed by atoms with Crippen LogP contribution in [0.5, 0.6) is 0 Å². The van der Waals surface area contributed by atoms with Gasteiger partial charge in [-0.2, -0.15) is 4.31 Å². The quantitative estimate of drug-likeness (QED) is 0.713. The Labute approximate surface area is 139 Å². The van der Waals surface area contributed by atoms with Crippen molar-refractivity contribution in [2.24, 2.45) is 0 Å². The fourth-order valence-electron chi connectivity index (χ4n) is 2.86. The van der Waals surface area contributed by atoms with Crippen molar-refractivity contribution in [3.8, 4) is 5.00 Å². The van der Waals surface area contributed by atoms with Crippen LogP contribution in [0.4, 0.5) is 0 Å². The maximum Gasteiger partial charge on any atom is 0.243 e. The Bertz CT molecular complexity index is 910. The van der Waals surface area contributed by atoms with Gasteiger partial charge in [0, 0.05) is 24.0 Å². The molecular formula is C17H16N2O2S2. The number of sulfonamides is 1. The summed E-state index contributed by atoms with van der Waals surface area (Å²) in [5, 5.41) is 3.11. The molecule has 0 spiro atoms. The lowest BCUT2D eigenvalue weighted by Crippen LogP contribution is -2.29. The number of nitrogens with zero attached hydrogens (tertiary/aromatic N) is 2. The molecule has 2 aromatic heterocycles. The van der Waals surface area contributed by atoms with E-state index in [-0.39, 0.29) is 0 Å². The van der Waals surface area contributed by atoms with Crippen molar-refractivity contribution < 1.29 is 8.42 Å². The smallest absolute Gasteiger partial charge is 0.243 e. The highest BCUT2D eigenvalue weighted by Gasteiger charge is 2.29. The van der Waals surface area contributed by atoms with Gasteiger partial charge in [0.25, 0.3) is 0 Å². The lowest BCUT2D eigenvalue weighted by Gasteiger charge is -2.20. The van der Waals surface area contributed by atoms with Gasteiger partial charge in [0.2, 0.25) is 10.0 Å². The van der Waals surface area contributed by atoms with Crippen molar-refractivity contribution in [3.05, 3.63) is 70.9 Å². The van der Waals surface area contributed by atoms with Crippen LogP contribution in [-0.2, 0) is 23.1 Å². The SMILES string of the molecule is Cc1ccc(S(=O)(=O)N2Cc3ccsc3-n3cccc3C2)cc1. The predicted molar refractivity (Wildman–Crippen MR) is 91.3 cm³/mol. The van der Waals surface area contributed by atoms with E-state index in [2.05, 4.69) is 4.57 Å². The number of fused-ring (bicyclic) bond motifs is 3. The summed E-state index contributed by atoms with van der Waals surface area (Å²) in [5.74, 6) is 0. The molecule has 0 fully saturated rings. The molecule has 4 rings (SSSR count). The minimum atomic E-state index is -3.52. The van der Waals surface area contributed by atoms with E-state index in [0.29, 0.717) is 18.0 Å². The fraction of sp³-hybridized carbons (Fsp3) is 0.176. The zero-order valence-electron chi connectivity index (χ0n) is 12.6. The molecular weight excluding hydrogens is 328 g/mol. The molecule has 0 saturated heterocycles. The largest absolute Gasteiger partial charge is 0.311 e. The molecule has 0 bridgehead atoms. The molecule has 0 N–H and O–H groups in total. The van der Waals surface area contributed by atoms with Gasteiger partial charge >= 0.3 is 0 Å². The van der Waals surface area contributed by atoms with Crippen molar-refractivity contribution in [3.63, 3.8) is 0 Å². The normalized spacial score (nSPS) is 15.0. The summed E-state index contributed by atoms with van der Waals surface area (Å²) in [5.41, 5.74) is 3.08. The monoisotopic (exact) mass is 344 g/mol. The second-order valence-corrected chi connectivity index (χ2v) is 8.54. The number of hydrogen-bond acceptors (Lipinski definition) is 3. The molecule has 0 atom stereocenters. The van der Waals surface area contributed by atoms with Crippen molar-refractivity contribution in [1.29, 1.82) is 0 Å². The third-order valence-corrected chi connectivity index (χ3v) is 6.88. The minimum absolute atomic E-state index is 0.347. The van der Waals surface area contributed by atoms with Gasteiger partial charge < -0.3 is 4.57 Å². The van der Waals surface area contributed by atoms with E-state index in [4.69, 9.17) is 0 Å². The van der Waals surface area contributed by atoms with Crippen LogP contribution in [0, 0.1) is 6.92 Å². The summed E-state index contributed by atoms with van der Waals surface area (Å²) < 4.78 is 29.7. The van der Waals surface area contributed by atoms with Crippen LogP contribution >= 0.6 is 11.3 Å². The van der Waals surface area contributed by atoms with Gasteiger partial charge in [0.15, 0.2) is 0 Å². The topological polar surface area (TPSA) is 42.3 Å². The van der Waals surface area contributed by atoms with Gasteiger partial charge in [-0.15, -0.1) is 11.3 Å². The van der Waals surface area contributed by atoms with E-state index < -0.39 is 10.0 Å². The Morgan fingerprint density at radius 3 is 2.61 bits per heavy atom. The van der Waals surface area contributed by atoms with Crippen LogP contribution in [-0.4, -0.2) is 17.3 Å². The van der Waals surface area contributed by atoms with Crippen molar-refractivity contribution in [2.45, 2.75) is 24.9 Å². The third-order valence-electron chi connectivity index (χ3n) is 4.12.